The Labute approximate surface area is 200 Å². The zero-order chi connectivity index (χ0) is 24.5. The van der Waals surface area contributed by atoms with E-state index in [-0.39, 0.29) is 18.8 Å². The van der Waals surface area contributed by atoms with Gasteiger partial charge in [0.15, 0.2) is 0 Å². The van der Waals surface area contributed by atoms with Crippen molar-refractivity contribution in [2.45, 2.75) is 19.1 Å². The Morgan fingerprint density at radius 3 is 2.66 bits per heavy atom. The number of nitrogens with zero attached hydrogens (tertiary/aromatic N) is 2. The van der Waals surface area contributed by atoms with E-state index in [9.17, 15) is 14.0 Å². The van der Waals surface area contributed by atoms with Crippen LogP contribution < -0.4 is 10.7 Å². The molecule has 2 aromatic heterocycles. The van der Waals surface area contributed by atoms with Crippen LogP contribution in [-0.2, 0) is 22.6 Å². The number of ether oxygens (including phenoxy) is 1. The van der Waals surface area contributed by atoms with Gasteiger partial charge in [0, 0.05) is 23.9 Å². The van der Waals surface area contributed by atoms with Gasteiger partial charge in [0.25, 0.3) is 5.91 Å². The van der Waals surface area contributed by atoms with Crippen molar-refractivity contribution >= 4 is 18.2 Å². The first-order valence-electron chi connectivity index (χ1n) is 10.7. The van der Waals surface area contributed by atoms with Crippen molar-refractivity contribution in [1.82, 2.24) is 20.7 Å². The van der Waals surface area contributed by atoms with Gasteiger partial charge in [-0.15, -0.1) is 0 Å². The summed E-state index contributed by atoms with van der Waals surface area (Å²) in [5.74, 6) is 0.00701. The molecule has 2 heterocycles. The zero-order valence-electron chi connectivity index (χ0n) is 18.5. The maximum atomic E-state index is 13.1. The van der Waals surface area contributed by atoms with Crippen molar-refractivity contribution in [2.24, 2.45) is 5.10 Å². The van der Waals surface area contributed by atoms with E-state index in [1.807, 2.05) is 30.3 Å². The van der Waals surface area contributed by atoms with Gasteiger partial charge < -0.3 is 19.5 Å². The molecule has 0 aliphatic carbocycles. The Hall–Kier alpha value is -4.73. The summed E-state index contributed by atoms with van der Waals surface area (Å²) in [5.41, 5.74) is 4.56. The molecule has 0 bridgehead atoms. The first kappa shape index (κ1) is 23.4. The molecule has 4 rings (SSSR count). The van der Waals surface area contributed by atoms with Gasteiger partial charge in [0.1, 0.15) is 30.0 Å². The molecule has 0 spiro atoms. The van der Waals surface area contributed by atoms with Crippen LogP contribution in [0.2, 0.25) is 0 Å². The second kappa shape index (κ2) is 11.4. The minimum atomic E-state index is -0.970. The molecule has 0 aliphatic rings. The Morgan fingerprint density at radius 2 is 1.91 bits per heavy atom. The Balaban J connectivity index is 1.35. The van der Waals surface area contributed by atoms with E-state index in [0.29, 0.717) is 22.8 Å². The number of carbonyl (C=O) groups is 2. The molecular formula is C25H22FN5O4. The highest BCUT2D eigenvalue weighted by atomic mass is 19.1. The van der Waals surface area contributed by atoms with E-state index in [2.05, 4.69) is 25.8 Å². The van der Waals surface area contributed by atoms with Gasteiger partial charge in [-0.25, -0.2) is 19.6 Å². The van der Waals surface area contributed by atoms with Crippen LogP contribution >= 0.6 is 0 Å². The number of imidazole rings is 1. The number of H-pyrrole nitrogens is 1. The van der Waals surface area contributed by atoms with Crippen LogP contribution in [-0.4, -0.2) is 34.2 Å². The fraction of sp³-hybridized carbons (Fsp3) is 0.120. The molecule has 2 aromatic carbocycles. The molecular weight excluding hydrogens is 453 g/mol. The Kier molecular flexibility index (Phi) is 7.64. The van der Waals surface area contributed by atoms with Gasteiger partial charge in [-0.1, -0.05) is 30.3 Å². The van der Waals surface area contributed by atoms with Gasteiger partial charge in [0.05, 0.1) is 12.5 Å². The summed E-state index contributed by atoms with van der Waals surface area (Å²) in [6.07, 6.45) is 3.77. The van der Waals surface area contributed by atoms with Crippen LogP contribution in [0, 0.1) is 5.82 Å². The second-order valence-electron chi connectivity index (χ2n) is 7.48. The number of benzene rings is 2. The summed E-state index contributed by atoms with van der Waals surface area (Å²) < 4.78 is 24.0. The first-order chi connectivity index (χ1) is 17.1. The molecule has 4 aromatic rings. The maximum Gasteiger partial charge on any atom is 0.408 e. The second-order valence-corrected chi connectivity index (χ2v) is 7.48. The summed E-state index contributed by atoms with van der Waals surface area (Å²) in [6.45, 7) is 0.0676. The smallest absolute Gasteiger partial charge is 0.408 e. The lowest BCUT2D eigenvalue weighted by atomic mass is 10.1. The van der Waals surface area contributed by atoms with E-state index in [0.717, 1.165) is 5.56 Å². The third-order valence-electron chi connectivity index (χ3n) is 4.92. The maximum absolute atomic E-state index is 13.1. The van der Waals surface area contributed by atoms with Crippen molar-refractivity contribution in [3.8, 4) is 11.3 Å². The van der Waals surface area contributed by atoms with Crippen LogP contribution in [0.4, 0.5) is 9.18 Å². The van der Waals surface area contributed by atoms with E-state index >= 15 is 0 Å². The van der Waals surface area contributed by atoms with Crippen molar-refractivity contribution < 1.29 is 23.1 Å². The van der Waals surface area contributed by atoms with Gasteiger partial charge in [-0.3, -0.25) is 4.79 Å². The summed E-state index contributed by atoms with van der Waals surface area (Å²) in [7, 11) is 0. The lowest BCUT2D eigenvalue weighted by molar-refractivity contribution is -0.123. The molecule has 0 saturated carbocycles. The molecule has 0 saturated heterocycles. The van der Waals surface area contributed by atoms with Crippen LogP contribution in [0.3, 0.4) is 0 Å². The number of rotatable bonds is 9. The predicted molar refractivity (Wildman–Crippen MR) is 126 cm³/mol. The third-order valence-corrected chi connectivity index (χ3v) is 4.92. The van der Waals surface area contributed by atoms with E-state index in [1.165, 1.54) is 24.7 Å². The number of hydrogen-bond acceptors (Lipinski definition) is 6. The number of nitrogens with one attached hydrogen (secondary N) is 3. The summed E-state index contributed by atoms with van der Waals surface area (Å²) in [6, 6.07) is 17.5. The van der Waals surface area contributed by atoms with Crippen LogP contribution in [0.5, 0.6) is 0 Å². The van der Waals surface area contributed by atoms with Crippen LogP contribution in [0.15, 0.2) is 88.8 Å². The number of halogens is 1. The van der Waals surface area contributed by atoms with Gasteiger partial charge >= 0.3 is 6.09 Å². The number of amides is 2. The standard InChI is InChI=1S/C25H22FN5O4/c26-19-8-6-18(7-9-19)23-11-10-21(35-23)14-29-31-24(32)22(12-20-13-27-16-28-20)30-25(33)34-15-17-4-2-1-3-5-17/h1-11,13-14,16,22H,12,15H2,(H,27,28)(H,30,33)(H,31,32)/b29-14-/t22-/m0/s1. The normalized spacial score (nSPS) is 11.8. The number of carbonyl (C=O) groups excluding carboxylic acids is 2. The lowest BCUT2D eigenvalue weighted by Gasteiger charge is -2.16. The summed E-state index contributed by atoms with van der Waals surface area (Å²) in [4.78, 5) is 31.9. The highest BCUT2D eigenvalue weighted by molar-refractivity contribution is 5.87. The summed E-state index contributed by atoms with van der Waals surface area (Å²) >= 11 is 0. The molecule has 9 nitrogen and oxygen atoms in total. The largest absolute Gasteiger partial charge is 0.455 e. The highest BCUT2D eigenvalue weighted by Gasteiger charge is 2.22. The molecule has 1 atom stereocenters. The predicted octanol–water partition coefficient (Wildman–Crippen LogP) is 3.80. The van der Waals surface area contributed by atoms with Crippen LogP contribution in [0.25, 0.3) is 11.3 Å². The average Bonchev–Trinajstić information content (AvgIpc) is 3.56. The van der Waals surface area contributed by atoms with E-state index in [1.54, 1.807) is 30.5 Å². The zero-order valence-corrected chi connectivity index (χ0v) is 18.5. The minimum absolute atomic E-state index is 0.0676. The number of hydrazone groups is 1. The SMILES string of the molecule is O=C(N[C@@H](Cc1cnc[nH]1)C(=O)N/N=C\c1ccc(-c2ccc(F)cc2)o1)OCc1ccccc1. The van der Waals surface area contributed by atoms with Gasteiger partial charge in [0.2, 0.25) is 0 Å². The molecule has 0 unspecified atom stereocenters. The fourth-order valence-electron chi connectivity index (χ4n) is 3.16. The highest BCUT2D eigenvalue weighted by Crippen LogP contribution is 2.21. The Bertz CT molecular complexity index is 1270. The number of furan rings is 1. The Morgan fingerprint density at radius 1 is 1.11 bits per heavy atom. The molecule has 178 valence electrons. The summed E-state index contributed by atoms with van der Waals surface area (Å²) in [5, 5.41) is 6.47. The molecule has 10 heteroatoms. The fourth-order valence-corrected chi connectivity index (χ4v) is 3.16. The van der Waals surface area contributed by atoms with E-state index < -0.39 is 18.0 Å². The van der Waals surface area contributed by atoms with Crippen LogP contribution in [0.1, 0.15) is 17.0 Å². The van der Waals surface area contributed by atoms with Gasteiger partial charge in [-0.05, 0) is 42.0 Å². The lowest BCUT2D eigenvalue weighted by Crippen LogP contribution is -2.47. The first-order valence-corrected chi connectivity index (χ1v) is 10.7. The quantitative estimate of drug-likeness (QED) is 0.251. The molecule has 3 N–H and O–H groups in total. The molecule has 0 fully saturated rings. The third kappa shape index (κ3) is 6.87. The van der Waals surface area contributed by atoms with Crippen molar-refractivity contribution in [3.63, 3.8) is 0 Å². The van der Waals surface area contributed by atoms with Crippen molar-refractivity contribution in [2.75, 3.05) is 0 Å². The molecule has 0 aliphatic heterocycles. The average molecular weight is 475 g/mol. The van der Waals surface area contributed by atoms with Crippen molar-refractivity contribution in [1.29, 1.82) is 0 Å². The number of alkyl carbamates (subject to hydrolysis) is 1. The minimum Gasteiger partial charge on any atom is -0.455 e. The molecule has 0 radical (unpaired) electrons. The van der Waals surface area contributed by atoms with E-state index in [4.69, 9.17) is 9.15 Å². The monoisotopic (exact) mass is 475 g/mol. The molecule has 35 heavy (non-hydrogen) atoms. The topological polar surface area (TPSA) is 122 Å². The molecule has 2 amide bonds. The number of hydrogen-bond donors (Lipinski definition) is 3. The van der Waals surface area contributed by atoms with Crippen molar-refractivity contribution in [3.05, 3.63) is 102 Å². The van der Waals surface area contributed by atoms with Gasteiger partial charge in [-0.2, -0.15) is 5.10 Å². The number of aromatic nitrogens is 2. The number of aromatic amines is 1.